The normalized spacial score (nSPS) is 19.7. The third-order valence-corrected chi connectivity index (χ3v) is 2.83. The summed E-state index contributed by atoms with van der Waals surface area (Å²) in [6.45, 7) is 5.30. The van der Waals surface area contributed by atoms with E-state index in [0.29, 0.717) is 6.10 Å². The number of ether oxygens (including phenoxy) is 1. The Morgan fingerprint density at radius 1 is 1.47 bits per heavy atom. The van der Waals surface area contributed by atoms with Gasteiger partial charge in [-0.25, -0.2) is 0 Å². The van der Waals surface area contributed by atoms with Crippen LogP contribution in [0.4, 0.5) is 5.69 Å². The number of aryl methyl sites for hydroxylation is 1. The summed E-state index contributed by atoms with van der Waals surface area (Å²) in [5, 5.41) is 0. The van der Waals surface area contributed by atoms with E-state index in [9.17, 15) is 0 Å². The topological polar surface area (TPSA) is 12.5 Å². The quantitative estimate of drug-likeness (QED) is 0.736. The Morgan fingerprint density at radius 3 is 3.00 bits per heavy atom. The summed E-state index contributed by atoms with van der Waals surface area (Å²) >= 11 is 0. The molecule has 0 amide bonds. The van der Waals surface area contributed by atoms with Crippen molar-refractivity contribution in [3.63, 3.8) is 0 Å². The van der Waals surface area contributed by atoms with Crippen LogP contribution in [-0.4, -0.2) is 19.7 Å². The summed E-state index contributed by atoms with van der Waals surface area (Å²) in [5.41, 5.74) is 2.64. The highest BCUT2D eigenvalue weighted by atomic mass is 16.5. The number of nitrogens with zero attached hydrogens (tertiary/aromatic N) is 1. The smallest absolute Gasteiger partial charge is 0.143 e. The standard InChI is InChI=1S/C13H19NO/c1-4-5-11-6-7-13-12(8-11)14(3)9-10(2)15-13/h6-8,10H,4-5,9H2,1-3H3. The molecule has 2 nitrogen and oxygen atoms in total. The van der Waals surface area contributed by atoms with Crippen LogP contribution in [0.5, 0.6) is 5.75 Å². The van der Waals surface area contributed by atoms with Crippen molar-refractivity contribution >= 4 is 5.69 Å². The number of hydrogen-bond donors (Lipinski definition) is 0. The number of anilines is 1. The number of hydrogen-bond acceptors (Lipinski definition) is 2. The van der Waals surface area contributed by atoms with E-state index >= 15 is 0 Å². The van der Waals surface area contributed by atoms with E-state index in [0.717, 1.165) is 18.7 Å². The Labute approximate surface area is 91.9 Å². The SMILES string of the molecule is CCCc1ccc2c(c1)N(C)CC(C)O2. The molecule has 15 heavy (non-hydrogen) atoms. The van der Waals surface area contributed by atoms with Crippen LogP contribution in [0.15, 0.2) is 18.2 Å². The molecule has 1 aliphatic rings. The van der Waals surface area contributed by atoms with Crippen LogP contribution >= 0.6 is 0 Å². The molecule has 0 radical (unpaired) electrons. The zero-order chi connectivity index (χ0) is 10.8. The molecule has 1 aromatic rings. The van der Waals surface area contributed by atoms with E-state index in [-0.39, 0.29) is 0 Å². The molecule has 1 unspecified atom stereocenters. The van der Waals surface area contributed by atoms with Gasteiger partial charge < -0.3 is 9.64 Å². The number of likely N-dealkylation sites (N-methyl/N-ethyl adjacent to an activating group) is 1. The van der Waals surface area contributed by atoms with Gasteiger partial charge in [-0.15, -0.1) is 0 Å². The van der Waals surface area contributed by atoms with Gasteiger partial charge >= 0.3 is 0 Å². The number of benzene rings is 1. The van der Waals surface area contributed by atoms with Crippen LogP contribution in [-0.2, 0) is 6.42 Å². The number of rotatable bonds is 2. The van der Waals surface area contributed by atoms with Gasteiger partial charge in [0.25, 0.3) is 0 Å². The highest BCUT2D eigenvalue weighted by molar-refractivity contribution is 5.61. The van der Waals surface area contributed by atoms with Gasteiger partial charge in [0.1, 0.15) is 11.9 Å². The fourth-order valence-electron chi connectivity index (χ4n) is 2.14. The maximum Gasteiger partial charge on any atom is 0.143 e. The minimum atomic E-state index is 0.291. The molecule has 0 spiro atoms. The third-order valence-electron chi connectivity index (χ3n) is 2.83. The molecule has 1 heterocycles. The molecule has 0 saturated carbocycles. The average molecular weight is 205 g/mol. The van der Waals surface area contributed by atoms with Crippen molar-refractivity contribution in [2.75, 3.05) is 18.5 Å². The first-order chi connectivity index (χ1) is 7.20. The van der Waals surface area contributed by atoms with E-state index in [4.69, 9.17) is 4.74 Å². The summed E-state index contributed by atoms with van der Waals surface area (Å²) < 4.78 is 5.79. The Hall–Kier alpha value is -1.18. The monoisotopic (exact) mass is 205 g/mol. The predicted molar refractivity (Wildman–Crippen MR) is 63.8 cm³/mol. The van der Waals surface area contributed by atoms with E-state index < -0.39 is 0 Å². The maximum absolute atomic E-state index is 5.79. The Balaban J connectivity index is 2.30. The second-order valence-electron chi connectivity index (χ2n) is 4.36. The van der Waals surface area contributed by atoms with Gasteiger partial charge in [0.2, 0.25) is 0 Å². The van der Waals surface area contributed by atoms with Gasteiger partial charge in [-0.2, -0.15) is 0 Å². The molecular formula is C13H19NO. The molecule has 0 saturated heterocycles. The molecule has 2 rings (SSSR count). The van der Waals surface area contributed by atoms with Gasteiger partial charge in [-0.3, -0.25) is 0 Å². The van der Waals surface area contributed by atoms with Crippen molar-refractivity contribution in [3.05, 3.63) is 23.8 Å². The lowest BCUT2D eigenvalue weighted by atomic mass is 10.1. The molecule has 0 aromatic heterocycles. The Bertz CT molecular complexity index is 348. The molecule has 0 fully saturated rings. The lowest BCUT2D eigenvalue weighted by Gasteiger charge is -2.32. The van der Waals surface area contributed by atoms with Gasteiger partial charge in [0, 0.05) is 7.05 Å². The first-order valence-corrected chi connectivity index (χ1v) is 5.71. The summed E-state index contributed by atoms with van der Waals surface area (Å²) in [6, 6.07) is 6.53. The average Bonchev–Trinajstić information content (AvgIpc) is 2.19. The molecule has 0 aliphatic carbocycles. The van der Waals surface area contributed by atoms with Gasteiger partial charge in [-0.1, -0.05) is 19.4 Å². The molecular weight excluding hydrogens is 186 g/mol. The summed E-state index contributed by atoms with van der Waals surface area (Å²) in [6.07, 6.45) is 2.63. The summed E-state index contributed by atoms with van der Waals surface area (Å²) in [7, 11) is 2.13. The molecule has 1 aliphatic heterocycles. The van der Waals surface area contributed by atoms with Crippen molar-refractivity contribution in [1.29, 1.82) is 0 Å². The highest BCUT2D eigenvalue weighted by Crippen LogP contribution is 2.33. The minimum Gasteiger partial charge on any atom is -0.487 e. The third kappa shape index (κ3) is 2.09. The van der Waals surface area contributed by atoms with E-state index in [1.165, 1.54) is 17.7 Å². The van der Waals surface area contributed by atoms with Crippen LogP contribution in [0, 0.1) is 0 Å². The minimum absolute atomic E-state index is 0.291. The lowest BCUT2D eigenvalue weighted by Crippen LogP contribution is -2.35. The summed E-state index contributed by atoms with van der Waals surface area (Å²) in [5.74, 6) is 1.02. The van der Waals surface area contributed by atoms with Crippen LogP contribution < -0.4 is 9.64 Å². The first-order valence-electron chi connectivity index (χ1n) is 5.71. The predicted octanol–water partition coefficient (Wildman–Crippen LogP) is 2.86. The molecule has 1 aromatic carbocycles. The fraction of sp³-hybridized carbons (Fsp3) is 0.538. The Morgan fingerprint density at radius 2 is 2.27 bits per heavy atom. The van der Waals surface area contributed by atoms with Crippen molar-refractivity contribution in [2.45, 2.75) is 32.8 Å². The van der Waals surface area contributed by atoms with Crippen LogP contribution in [0.2, 0.25) is 0 Å². The summed E-state index contributed by atoms with van der Waals surface area (Å²) in [4.78, 5) is 2.28. The van der Waals surface area contributed by atoms with Gasteiger partial charge in [0.05, 0.1) is 12.2 Å². The maximum atomic E-state index is 5.79. The second kappa shape index (κ2) is 4.13. The zero-order valence-corrected chi connectivity index (χ0v) is 9.79. The molecule has 0 N–H and O–H groups in total. The highest BCUT2D eigenvalue weighted by Gasteiger charge is 2.19. The van der Waals surface area contributed by atoms with E-state index in [1.54, 1.807) is 0 Å². The van der Waals surface area contributed by atoms with E-state index in [2.05, 4.69) is 44.0 Å². The number of fused-ring (bicyclic) bond motifs is 1. The molecule has 82 valence electrons. The van der Waals surface area contributed by atoms with E-state index in [1.807, 2.05) is 0 Å². The molecule has 0 bridgehead atoms. The van der Waals surface area contributed by atoms with Crippen molar-refractivity contribution < 1.29 is 4.74 Å². The van der Waals surface area contributed by atoms with Gasteiger partial charge in [-0.05, 0) is 31.0 Å². The van der Waals surface area contributed by atoms with Gasteiger partial charge in [0.15, 0.2) is 0 Å². The fourth-order valence-corrected chi connectivity index (χ4v) is 2.14. The first kappa shape index (κ1) is 10.3. The van der Waals surface area contributed by atoms with Crippen LogP contribution in [0.1, 0.15) is 25.8 Å². The largest absolute Gasteiger partial charge is 0.487 e. The Kier molecular flexibility index (Phi) is 2.85. The molecule has 1 atom stereocenters. The van der Waals surface area contributed by atoms with Crippen molar-refractivity contribution in [1.82, 2.24) is 0 Å². The lowest BCUT2D eigenvalue weighted by molar-refractivity contribution is 0.215. The molecule has 2 heteroatoms. The van der Waals surface area contributed by atoms with Crippen molar-refractivity contribution in [3.8, 4) is 5.75 Å². The second-order valence-corrected chi connectivity index (χ2v) is 4.36. The van der Waals surface area contributed by atoms with Crippen molar-refractivity contribution in [2.24, 2.45) is 0 Å². The van der Waals surface area contributed by atoms with Crippen LogP contribution in [0.3, 0.4) is 0 Å². The van der Waals surface area contributed by atoms with Crippen LogP contribution in [0.25, 0.3) is 0 Å². The zero-order valence-electron chi connectivity index (χ0n) is 9.79.